The topological polar surface area (TPSA) is 99.9 Å². The van der Waals surface area contributed by atoms with E-state index in [1.165, 1.54) is 12.1 Å². The number of aliphatic hydroxyl groups excluding tert-OH is 1. The van der Waals surface area contributed by atoms with Gasteiger partial charge in [-0.25, -0.2) is 14.4 Å². The van der Waals surface area contributed by atoms with Crippen molar-refractivity contribution >= 4 is 17.1 Å². The molecule has 0 spiro atoms. The molecule has 1 atom stereocenters. The summed E-state index contributed by atoms with van der Waals surface area (Å²) in [5, 5.41) is 14.2. The summed E-state index contributed by atoms with van der Waals surface area (Å²) in [6.07, 6.45) is 2.43. The molecule has 1 aliphatic rings. The third-order valence-corrected chi connectivity index (χ3v) is 6.65. The molecule has 0 radical (unpaired) electrons. The molecule has 5 rings (SSSR count). The molecule has 9 heteroatoms. The molecule has 3 aromatic heterocycles. The number of amides is 1. The Bertz CT molecular complexity index is 1420. The maximum absolute atomic E-state index is 14.4. The second-order valence-corrected chi connectivity index (χ2v) is 8.79. The van der Waals surface area contributed by atoms with Crippen LogP contribution in [0.2, 0.25) is 0 Å². The molecule has 0 aliphatic carbocycles. The van der Waals surface area contributed by atoms with Gasteiger partial charge < -0.3 is 15.0 Å². The van der Waals surface area contributed by atoms with Gasteiger partial charge in [-0.2, -0.15) is 5.10 Å². The van der Waals surface area contributed by atoms with Crippen molar-refractivity contribution in [2.75, 3.05) is 13.7 Å². The summed E-state index contributed by atoms with van der Waals surface area (Å²) in [7, 11) is 1.72. The number of carbonyl (C=O) groups excluding carboxylic acids is 1. The molecule has 2 bridgehead atoms. The van der Waals surface area contributed by atoms with Gasteiger partial charge in [-0.3, -0.25) is 9.48 Å². The Morgan fingerprint density at radius 1 is 1.32 bits per heavy atom. The van der Waals surface area contributed by atoms with Crippen molar-refractivity contribution in [1.82, 2.24) is 29.6 Å². The molecule has 1 amide bonds. The Morgan fingerprint density at radius 3 is 2.85 bits per heavy atom. The van der Waals surface area contributed by atoms with Gasteiger partial charge in [0, 0.05) is 35.3 Å². The monoisotopic (exact) mass is 462 g/mol. The van der Waals surface area contributed by atoms with E-state index in [-0.39, 0.29) is 25.0 Å². The van der Waals surface area contributed by atoms with E-state index in [1.54, 1.807) is 28.9 Å². The summed E-state index contributed by atoms with van der Waals surface area (Å²) in [4.78, 5) is 28.3. The van der Waals surface area contributed by atoms with Gasteiger partial charge in [-0.05, 0) is 37.1 Å². The van der Waals surface area contributed by atoms with Crippen LogP contribution in [0.1, 0.15) is 58.3 Å². The molecule has 1 unspecified atom stereocenters. The van der Waals surface area contributed by atoms with Gasteiger partial charge in [0.15, 0.2) is 5.65 Å². The van der Waals surface area contributed by atoms with Gasteiger partial charge in [0.1, 0.15) is 11.3 Å². The smallest absolute Gasteiger partial charge is 0.254 e. The van der Waals surface area contributed by atoms with E-state index in [0.717, 1.165) is 28.2 Å². The number of carbonyl (C=O) groups is 1. The molecule has 1 aliphatic heterocycles. The van der Waals surface area contributed by atoms with Crippen molar-refractivity contribution in [2.45, 2.75) is 46.2 Å². The first-order chi connectivity index (χ1) is 16.3. The lowest BCUT2D eigenvalue weighted by Crippen LogP contribution is -2.29. The first-order valence-corrected chi connectivity index (χ1v) is 11.4. The first kappa shape index (κ1) is 22.2. The Labute approximate surface area is 196 Å². The van der Waals surface area contributed by atoms with E-state index >= 15 is 0 Å². The number of aliphatic hydroxyl groups is 1. The molecule has 4 heterocycles. The van der Waals surface area contributed by atoms with Crippen LogP contribution in [0.25, 0.3) is 22.4 Å². The zero-order valence-corrected chi connectivity index (χ0v) is 19.7. The van der Waals surface area contributed by atoms with Gasteiger partial charge in [0.25, 0.3) is 5.91 Å². The summed E-state index contributed by atoms with van der Waals surface area (Å²) in [6.45, 7) is 6.36. The van der Waals surface area contributed by atoms with Gasteiger partial charge >= 0.3 is 0 Å². The summed E-state index contributed by atoms with van der Waals surface area (Å²) >= 11 is 0. The van der Waals surface area contributed by atoms with E-state index in [9.17, 15) is 14.3 Å². The third-order valence-electron chi connectivity index (χ3n) is 6.65. The molecule has 2 N–H and O–H groups in total. The van der Waals surface area contributed by atoms with Gasteiger partial charge in [0.05, 0.1) is 43.0 Å². The lowest BCUT2D eigenvalue weighted by Gasteiger charge is -2.23. The third kappa shape index (κ3) is 3.38. The lowest BCUT2D eigenvalue weighted by atomic mass is 9.87. The van der Waals surface area contributed by atoms with Gasteiger partial charge in [-0.1, -0.05) is 13.8 Å². The van der Waals surface area contributed by atoms with Crippen molar-refractivity contribution < 1.29 is 14.3 Å². The number of aryl methyl sites for hydroxylation is 2. The van der Waals surface area contributed by atoms with Crippen LogP contribution >= 0.6 is 0 Å². The Kier molecular flexibility index (Phi) is 5.44. The minimum absolute atomic E-state index is 0.0859. The first-order valence-electron chi connectivity index (χ1n) is 11.4. The molecule has 0 saturated carbocycles. The van der Waals surface area contributed by atoms with Crippen LogP contribution in [0.15, 0.2) is 24.4 Å². The molecule has 176 valence electrons. The van der Waals surface area contributed by atoms with Crippen LogP contribution in [0.4, 0.5) is 4.39 Å². The number of H-pyrrole nitrogens is 1. The van der Waals surface area contributed by atoms with Crippen LogP contribution in [0.3, 0.4) is 0 Å². The number of hydrogen-bond donors (Lipinski definition) is 2. The van der Waals surface area contributed by atoms with Crippen molar-refractivity contribution in [3.63, 3.8) is 0 Å². The van der Waals surface area contributed by atoms with E-state index in [4.69, 9.17) is 4.98 Å². The van der Waals surface area contributed by atoms with Gasteiger partial charge in [0.2, 0.25) is 0 Å². The average molecular weight is 463 g/mol. The van der Waals surface area contributed by atoms with E-state index in [1.807, 2.05) is 20.8 Å². The fraction of sp³-hybridized carbons (Fsp3) is 0.360. The zero-order valence-electron chi connectivity index (χ0n) is 19.7. The summed E-state index contributed by atoms with van der Waals surface area (Å²) < 4.78 is 16.1. The molecule has 0 saturated heterocycles. The number of rotatable bonds is 3. The summed E-state index contributed by atoms with van der Waals surface area (Å²) in [5.41, 5.74) is 7.27. The molecule has 8 nitrogen and oxygen atoms in total. The minimum atomic E-state index is -0.392. The number of nitrogens with one attached hydrogen (secondary N) is 1. The van der Waals surface area contributed by atoms with Crippen LogP contribution in [0.5, 0.6) is 0 Å². The maximum atomic E-state index is 14.4. The fourth-order valence-corrected chi connectivity index (χ4v) is 5.03. The molecule has 1 aromatic carbocycles. The van der Waals surface area contributed by atoms with Crippen molar-refractivity contribution in [2.24, 2.45) is 0 Å². The van der Waals surface area contributed by atoms with Gasteiger partial charge in [-0.15, -0.1) is 0 Å². The standard InChI is InChI=1S/C25H27FN6O2/c1-5-18-21-13(2)17-10-15(26)6-7-16(17)25(34)31(4)12-20-22(14(3)30-32(20)8-9-33)19-11-27-24(29-18)23(21)28-19/h6-7,10-11,13,33H,5,8-9,12H2,1-4H3,(H,27,29). The second kappa shape index (κ2) is 8.32. The fourth-order valence-electron chi connectivity index (χ4n) is 5.03. The van der Waals surface area contributed by atoms with E-state index in [0.29, 0.717) is 41.0 Å². The normalized spacial score (nSPS) is 15.9. The number of halogens is 1. The van der Waals surface area contributed by atoms with Crippen molar-refractivity contribution in [3.05, 3.63) is 64.0 Å². The highest BCUT2D eigenvalue weighted by Crippen LogP contribution is 2.37. The predicted octanol–water partition coefficient (Wildman–Crippen LogP) is 3.56. The SMILES string of the molecule is CCc1[nH]c2ncc3nc2c1C(C)c1cc(F)ccc1C(=O)N(C)Cc1c-3c(C)nn1CCO. The van der Waals surface area contributed by atoms with E-state index in [2.05, 4.69) is 15.1 Å². The van der Waals surface area contributed by atoms with Crippen LogP contribution in [-0.2, 0) is 19.5 Å². The molecule has 34 heavy (non-hydrogen) atoms. The number of aromatic nitrogens is 5. The molecular formula is C25H27FN6O2. The molecule has 4 aromatic rings. The molecular weight excluding hydrogens is 435 g/mol. The predicted molar refractivity (Wildman–Crippen MR) is 126 cm³/mol. The average Bonchev–Trinajstić information content (AvgIpc) is 3.34. The quantitative estimate of drug-likeness (QED) is 0.485. The minimum Gasteiger partial charge on any atom is -0.394 e. The number of fused-ring (bicyclic) bond motifs is 4. The highest BCUT2D eigenvalue weighted by Gasteiger charge is 2.29. The molecule has 0 fully saturated rings. The Hall–Kier alpha value is -3.59. The number of aromatic amines is 1. The summed E-state index contributed by atoms with van der Waals surface area (Å²) in [6, 6.07) is 4.32. The summed E-state index contributed by atoms with van der Waals surface area (Å²) in [5.74, 6) is -0.882. The maximum Gasteiger partial charge on any atom is 0.254 e. The number of hydrogen-bond acceptors (Lipinski definition) is 5. The highest BCUT2D eigenvalue weighted by molar-refractivity contribution is 5.96. The van der Waals surface area contributed by atoms with E-state index < -0.39 is 5.82 Å². The van der Waals surface area contributed by atoms with Crippen LogP contribution in [0, 0.1) is 12.7 Å². The Balaban J connectivity index is 1.87. The van der Waals surface area contributed by atoms with Crippen molar-refractivity contribution in [3.8, 4) is 11.3 Å². The van der Waals surface area contributed by atoms with Crippen molar-refractivity contribution in [1.29, 1.82) is 0 Å². The second-order valence-electron chi connectivity index (χ2n) is 8.79. The Morgan fingerprint density at radius 2 is 2.12 bits per heavy atom. The number of benzene rings is 1. The zero-order chi connectivity index (χ0) is 24.1. The van der Waals surface area contributed by atoms with Crippen LogP contribution in [-0.4, -0.2) is 54.3 Å². The number of nitrogens with zero attached hydrogens (tertiary/aromatic N) is 5. The highest BCUT2D eigenvalue weighted by atomic mass is 19.1. The van der Waals surface area contributed by atoms with Crippen LogP contribution < -0.4 is 0 Å². The lowest BCUT2D eigenvalue weighted by molar-refractivity contribution is 0.0780. The largest absolute Gasteiger partial charge is 0.394 e.